The number of carbonyl (C=O) groups is 2. The fourth-order valence-corrected chi connectivity index (χ4v) is 1.57. The predicted molar refractivity (Wildman–Crippen MR) is 72.1 cm³/mol. The number of urea groups is 1. The highest BCUT2D eigenvalue weighted by Gasteiger charge is 2.31. The van der Waals surface area contributed by atoms with Gasteiger partial charge in [-0.1, -0.05) is 0 Å². The van der Waals surface area contributed by atoms with Gasteiger partial charge in [0.2, 0.25) is 0 Å². The summed E-state index contributed by atoms with van der Waals surface area (Å²) in [7, 11) is 1.60. The maximum Gasteiger partial charge on any atom is 0.325 e. The first-order valence-corrected chi connectivity index (χ1v) is 5.90. The van der Waals surface area contributed by atoms with Crippen LogP contribution in [-0.2, 0) is 4.79 Å². The van der Waals surface area contributed by atoms with E-state index in [1.54, 1.807) is 52.3 Å². The number of nitrogens with zero attached hydrogens (tertiary/aromatic N) is 3. The van der Waals surface area contributed by atoms with Crippen molar-refractivity contribution in [1.82, 2.24) is 9.88 Å². The normalized spacial score (nSPS) is 10.9. The number of aliphatic carboxylic acids is 1. The third-order valence-electron chi connectivity index (χ3n) is 2.65. The molecule has 0 unspecified atom stereocenters. The summed E-state index contributed by atoms with van der Waals surface area (Å²) in [4.78, 5) is 29.9. The minimum absolute atomic E-state index is 0.340. The van der Waals surface area contributed by atoms with Gasteiger partial charge >= 0.3 is 12.0 Å². The molecule has 0 spiro atoms. The van der Waals surface area contributed by atoms with Crippen LogP contribution in [0.3, 0.4) is 0 Å². The number of anilines is 1. The van der Waals surface area contributed by atoms with Gasteiger partial charge in [0.05, 0.1) is 11.9 Å². The number of carboxylic acid groups (broad SMARTS) is 1. The van der Waals surface area contributed by atoms with Crippen LogP contribution in [0.1, 0.15) is 20.8 Å². The SMILES string of the molecule is CN(C(=O)N(CC(=O)O)C(C)(C)C)c1cccnc1. The van der Waals surface area contributed by atoms with Crippen molar-refractivity contribution in [2.45, 2.75) is 26.3 Å². The summed E-state index contributed by atoms with van der Waals surface area (Å²) in [6, 6.07) is 3.09. The Kier molecular flexibility index (Phi) is 4.47. The van der Waals surface area contributed by atoms with Crippen molar-refractivity contribution < 1.29 is 14.7 Å². The Morgan fingerprint density at radius 1 is 1.37 bits per heavy atom. The summed E-state index contributed by atoms with van der Waals surface area (Å²) < 4.78 is 0. The number of hydrogen-bond acceptors (Lipinski definition) is 3. The molecule has 6 heteroatoms. The number of pyridine rings is 1. The largest absolute Gasteiger partial charge is 0.480 e. The zero-order valence-corrected chi connectivity index (χ0v) is 11.6. The van der Waals surface area contributed by atoms with Gasteiger partial charge in [0, 0.05) is 18.8 Å². The molecular formula is C13H19N3O3. The van der Waals surface area contributed by atoms with Crippen molar-refractivity contribution in [2.24, 2.45) is 0 Å². The number of carbonyl (C=O) groups excluding carboxylic acids is 1. The van der Waals surface area contributed by atoms with Gasteiger partial charge in [0.1, 0.15) is 6.54 Å². The number of aromatic nitrogens is 1. The minimum atomic E-state index is -1.04. The van der Waals surface area contributed by atoms with Crippen molar-refractivity contribution in [1.29, 1.82) is 0 Å². The van der Waals surface area contributed by atoms with E-state index in [0.29, 0.717) is 5.69 Å². The second kappa shape index (κ2) is 5.69. The van der Waals surface area contributed by atoms with Crippen LogP contribution >= 0.6 is 0 Å². The van der Waals surface area contributed by atoms with Gasteiger partial charge in [0.25, 0.3) is 0 Å². The van der Waals surface area contributed by atoms with E-state index in [2.05, 4.69) is 4.98 Å². The highest BCUT2D eigenvalue weighted by Crippen LogP contribution is 2.18. The number of rotatable bonds is 3. The molecule has 19 heavy (non-hydrogen) atoms. The Hall–Kier alpha value is -2.11. The third-order valence-corrected chi connectivity index (χ3v) is 2.65. The van der Waals surface area contributed by atoms with Crippen LogP contribution < -0.4 is 4.90 Å². The standard InChI is InChI=1S/C13H19N3O3/c1-13(2,3)16(9-11(17)18)12(19)15(4)10-6-5-7-14-8-10/h5-8H,9H2,1-4H3,(H,17,18). The molecule has 0 bridgehead atoms. The van der Waals surface area contributed by atoms with Crippen LogP contribution in [0.2, 0.25) is 0 Å². The predicted octanol–water partition coefficient (Wildman–Crippen LogP) is 1.82. The maximum absolute atomic E-state index is 12.4. The first-order valence-electron chi connectivity index (χ1n) is 5.90. The zero-order chi connectivity index (χ0) is 14.6. The molecular weight excluding hydrogens is 246 g/mol. The zero-order valence-electron chi connectivity index (χ0n) is 11.6. The van der Waals surface area contributed by atoms with E-state index in [1.165, 1.54) is 9.80 Å². The van der Waals surface area contributed by atoms with Gasteiger partial charge in [-0.2, -0.15) is 0 Å². The van der Waals surface area contributed by atoms with Gasteiger partial charge in [-0.05, 0) is 32.9 Å². The molecule has 0 radical (unpaired) electrons. The molecule has 0 saturated carbocycles. The van der Waals surface area contributed by atoms with Gasteiger partial charge in [-0.15, -0.1) is 0 Å². The van der Waals surface area contributed by atoms with Crippen molar-refractivity contribution in [2.75, 3.05) is 18.5 Å². The second-order valence-electron chi connectivity index (χ2n) is 5.20. The number of amides is 2. The highest BCUT2D eigenvalue weighted by molar-refractivity contribution is 5.93. The molecule has 6 nitrogen and oxygen atoms in total. The lowest BCUT2D eigenvalue weighted by Gasteiger charge is -2.37. The van der Waals surface area contributed by atoms with E-state index in [0.717, 1.165) is 0 Å². The van der Waals surface area contributed by atoms with Gasteiger partial charge in [-0.25, -0.2) is 4.79 Å². The lowest BCUT2D eigenvalue weighted by atomic mass is 10.1. The topological polar surface area (TPSA) is 73.7 Å². The maximum atomic E-state index is 12.4. The fourth-order valence-electron chi connectivity index (χ4n) is 1.57. The summed E-state index contributed by atoms with van der Waals surface area (Å²) in [6.45, 7) is 5.05. The molecule has 0 aromatic carbocycles. The Labute approximate surface area is 112 Å². The molecule has 0 saturated heterocycles. The van der Waals surface area contributed by atoms with E-state index in [4.69, 9.17) is 5.11 Å². The van der Waals surface area contributed by atoms with Gasteiger partial charge in [-0.3, -0.25) is 14.7 Å². The summed E-state index contributed by atoms with van der Waals surface area (Å²) in [5, 5.41) is 8.92. The minimum Gasteiger partial charge on any atom is -0.480 e. The highest BCUT2D eigenvalue weighted by atomic mass is 16.4. The lowest BCUT2D eigenvalue weighted by molar-refractivity contribution is -0.138. The van der Waals surface area contributed by atoms with E-state index in [1.807, 2.05) is 0 Å². The lowest BCUT2D eigenvalue weighted by Crippen LogP contribution is -2.53. The van der Waals surface area contributed by atoms with Crippen LogP contribution in [-0.4, -0.2) is 46.1 Å². The van der Waals surface area contributed by atoms with Crippen LogP contribution in [0.5, 0.6) is 0 Å². The Balaban J connectivity index is 2.97. The summed E-state index contributed by atoms with van der Waals surface area (Å²) in [5.41, 5.74) is 0.0403. The Bertz CT molecular complexity index is 454. The molecule has 1 heterocycles. The van der Waals surface area contributed by atoms with E-state index < -0.39 is 11.5 Å². The molecule has 0 aliphatic heterocycles. The Morgan fingerprint density at radius 3 is 2.42 bits per heavy atom. The van der Waals surface area contributed by atoms with E-state index in [-0.39, 0.29) is 12.6 Å². The molecule has 104 valence electrons. The molecule has 2 amide bonds. The van der Waals surface area contributed by atoms with E-state index in [9.17, 15) is 9.59 Å². The monoisotopic (exact) mass is 265 g/mol. The van der Waals surface area contributed by atoms with Crippen LogP contribution in [0.4, 0.5) is 10.5 Å². The summed E-state index contributed by atoms with van der Waals surface area (Å²) in [5.74, 6) is -1.04. The molecule has 1 N–H and O–H groups in total. The van der Waals surface area contributed by atoms with Crippen LogP contribution in [0, 0.1) is 0 Å². The Morgan fingerprint density at radius 2 is 2.00 bits per heavy atom. The third kappa shape index (κ3) is 3.94. The molecule has 1 aromatic rings. The molecule has 0 aliphatic rings. The van der Waals surface area contributed by atoms with Crippen LogP contribution in [0.25, 0.3) is 0 Å². The molecule has 0 fully saturated rings. The molecule has 0 aliphatic carbocycles. The first-order chi connectivity index (χ1) is 8.73. The fraction of sp³-hybridized carbons (Fsp3) is 0.462. The first kappa shape index (κ1) is 14.9. The molecule has 0 atom stereocenters. The van der Waals surface area contributed by atoms with E-state index >= 15 is 0 Å². The van der Waals surface area contributed by atoms with Crippen LogP contribution in [0.15, 0.2) is 24.5 Å². The van der Waals surface area contributed by atoms with Crippen molar-refractivity contribution >= 4 is 17.7 Å². The van der Waals surface area contributed by atoms with Crippen molar-refractivity contribution in [3.8, 4) is 0 Å². The average Bonchev–Trinajstić information content (AvgIpc) is 2.34. The summed E-state index contributed by atoms with van der Waals surface area (Å²) in [6.07, 6.45) is 3.17. The van der Waals surface area contributed by atoms with Crippen molar-refractivity contribution in [3.05, 3.63) is 24.5 Å². The van der Waals surface area contributed by atoms with Gasteiger partial charge < -0.3 is 10.0 Å². The number of hydrogen-bond donors (Lipinski definition) is 1. The quantitative estimate of drug-likeness (QED) is 0.904. The number of carboxylic acids is 1. The molecule has 1 aromatic heterocycles. The second-order valence-corrected chi connectivity index (χ2v) is 5.20. The summed E-state index contributed by atoms with van der Waals surface area (Å²) >= 11 is 0. The smallest absolute Gasteiger partial charge is 0.325 e. The average molecular weight is 265 g/mol. The van der Waals surface area contributed by atoms with Crippen molar-refractivity contribution in [3.63, 3.8) is 0 Å². The van der Waals surface area contributed by atoms with Gasteiger partial charge in [0.15, 0.2) is 0 Å². The molecule has 1 rings (SSSR count).